The summed E-state index contributed by atoms with van der Waals surface area (Å²) in [6, 6.07) is 15.3. The van der Waals surface area contributed by atoms with Crippen LogP contribution in [0.1, 0.15) is 25.1 Å². The van der Waals surface area contributed by atoms with Crippen molar-refractivity contribution >= 4 is 37.1 Å². The fourth-order valence-electron chi connectivity index (χ4n) is 3.42. The molecule has 4 rings (SSSR count). The Bertz CT molecular complexity index is 1470. The second-order valence-electron chi connectivity index (χ2n) is 8.36. The normalized spacial score (nSPS) is 12.3. The first-order valence-corrected chi connectivity index (χ1v) is 13.5. The molecule has 0 unspecified atom stereocenters. The fourth-order valence-corrected chi connectivity index (χ4v) is 5.96. The zero-order valence-corrected chi connectivity index (χ0v) is 21.6. The molecule has 0 aliphatic heterocycles. The minimum Gasteiger partial charge on any atom is -0.384 e. The fraction of sp³-hybridized carbons (Fsp3) is 0.208. The zero-order valence-electron chi connectivity index (χ0n) is 18.4. The van der Waals surface area contributed by atoms with Crippen molar-refractivity contribution in [3.05, 3.63) is 76.1 Å². The molecule has 0 amide bonds. The van der Waals surface area contributed by atoms with E-state index in [0.29, 0.717) is 22.6 Å². The van der Waals surface area contributed by atoms with Gasteiger partial charge in [0, 0.05) is 21.2 Å². The van der Waals surface area contributed by atoms with Gasteiger partial charge in [0.1, 0.15) is 11.4 Å². The summed E-state index contributed by atoms with van der Waals surface area (Å²) < 4.78 is 40.7. The van der Waals surface area contributed by atoms with Crippen molar-refractivity contribution < 1.29 is 17.9 Å². The molecule has 9 heteroatoms. The van der Waals surface area contributed by atoms with E-state index in [1.807, 2.05) is 12.1 Å². The van der Waals surface area contributed by atoms with E-state index in [0.717, 1.165) is 19.8 Å². The van der Waals surface area contributed by atoms with Crippen LogP contribution in [0.4, 0.5) is 4.39 Å². The predicted molar refractivity (Wildman–Crippen MR) is 133 cm³/mol. The van der Waals surface area contributed by atoms with E-state index in [2.05, 4.69) is 21.0 Å². The standard InChI is InChI=1S/C24H22BrFN2O3S2/c1-14-18(26)9-6-10-19(14)28-20(13-22(27-28)24(2,3)29)23-17(25)12-21(32-23)15-7-5-8-16(11-15)33(4,30)31/h5-13,29H,1-4H3. The Balaban J connectivity index is 1.91. The molecule has 0 radical (unpaired) electrons. The Kier molecular flexibility index (Phi) is 6.11. The van der Waals surface area contributed by atoms with Crippen LogP contribution in [0.25, 0.3) is 26.7 Å². The Hall–Kier alpha value is -2.33. The van der Waals surface area contributed by atoms with Crippen LogP contribution in [-0.4, -0.2) is 29.6 Å². The molecule has 2 heterocycles. The van der Waals surface area contributed by atoms with Crippen molar-refractivity contribution in [2.24, 2.45) is 0 Å². The Morgan fingerprint density at radius 2 is 1.82 bits per heavy atom. The second kappa shape index (κ2) is 8.47. The molecule has 0 spiro atoms. The van der Waals surface area contributed by atoms with Gasteiger partial charge in [-0.2, -0.15) is 5.10 Å². The topological polar surface area (TPSA) is 72.2 Å². The van der Waals surface area contributed by atoms with E-state index >= 15 is 0 Å². The molecule has 33 heavy (non-hydrogen) atoms. The van der Waals surface area contributed by atoms with Crippen LogP contribution in [0, 0.1) is 12.7 Å². The highest BCUT2D eigenvalue weighted by atomic mass is 79.9. The molecule has 2 aromatic heterocycles. The van der Waals surface area contributed by atoms with E-state index in [4.69, 9.17) is 0 Å². The average Bonchev–Trinajstić information content (AvgIpc) is 3.33. The van der Waals surface area contributed by atoms with Crippen LogP contribution < -0.4 is 0 Å². The molecular formula is C24H22BrFN2O3S2. The van der Waals surface area contributed by atoms with Gasteiger partial charge in [-0.15, -0.1) is 11.3 Å². The number of benzene rings is 2. The van der Waals surface area contributed by atoms with Crippen molar-refractivity contribution in [1.82, 2.24) is 9.78 Å². The van der Waals surface area contributed by atoms with Crippen molar-refractivity contribution in [2.75, 3.05) is 6.26 Å². The molecule has 0 bridgehead atoms. The molecule has 0 aliphatic carbocycles. The van der Waals surface area contributed by atoms with Gasteiger partial charge in [0.2, 0.25) is 0 Å². The first kappa shape index (κ1) is 23.8. The van der Waals surface area contributed by atoms with Gasteiger partial charge in [-0.25, -0.2) is 17.5 Å². The lowest BCUT2D eigenvalue weighted by molar-refractivity contribution is 0.0734. The number of hydrogen-bond donors (Lipinski definition) is 1. The van der Waals surface area contributed by atoms with E-state index < -0.39 is 15.4 Å². The third kappa shape index (κ3) is 4.68. The molecule has 2 aromatic carbocycles. The number of sulfone groups is 1. The molecule has 5 nitrogen and oxygen atoms in total. The molecule has 1 N–H and O–H groups in total. The average molecular weight is 549 g/mol. The molecular weight excluding hydrogens is 527 g/mol. The maximum absolute atomic E-state index is 14.3. The summed E-state index contributed by atoms with van der Waals surface area (Å²) in [5.74, 6) is -0.345. The summed E-state index contributed by atoms with van der Waals surface area (Å²) in [5.41, 5.74) is 1.72. The summed E-state index contributed by atoms with van der Waals surface area (Å²) in [5, 5.41) is 15.2. The van der Waals surface area contributed by atoms with Crippen LogP contribution in [0.5, 0.6) is 0 Å². The van der Waals surface area contributed by atoms with Gasteiger partial charge < -0.3 is 5.11 Å². The van der Waals surface area contributed by atoms with Gasteiger partial charge in [0.25, 0.3) is 0 Å². The summed E-state index contributed by atoms with van der Waals surface area (Å²) >= 11 is 5.07. The largest absolute Gasteiger partial charge is 0.384 e. The lowest BCUT2D eigenvalue weighted by Crippen LogP contribution is -2.16. The maximum atomic E-state index is 14.3. The smallest absolute Gasteiger partial charge is 0.175 e. The van der Waals surface area contributed by atoms with Crippen molar-refractivity contribution in [1.29, 1.82) is 0 Å². The number of rotatable bonds is 5. The molecule has 0 saturated carbocycles. The first-order chi connectivity index (χ1) is 15.4. The molecule has 0 aliphatic rings. The lowest BCUT2D eigenvalue weighted by Gasteiger charge is -2.13. The summed E-state index contributed by atoms with van der Waals surface area (Å²) in [6.07, 6.45) is 1.18. The second-order valence-corrected chi connectivity index (χ2v) is 12.3. The maximum Gasteiger partial charge on any atom is 0.175 e. The summed E-state index contributed by atoms with van der Waals surface area (Å²) in [4.78, 5) is 1.92. The van der Waals surface area contributed by atoms with Crippen LogP contribution in [0.15, 0.2) is 64.0 Å². The highest BCUT2D eigenvalue weighted by molar-refractivity contribution is 9.10. The van der Waals surface area contributed by atoms with Gasteiger partial charge >= 0.3 is 0 Å². The molecule has 0 fully saturated rings. The van der Waals surface area contributed by atoms with E-state index in [1.165, 1.54) is 23.7 Å². The van der Waals surface area contributed by atoms with E-state index in [9.17, 15) is 17.9 Å². The van der Waals surface area contributed by atoms with Gasteiger partial charge in [0.05, 0.1) is 26.8 Å². The third-order valence-corrected chi connectivity index (χ3v) is 8.47. The summed E-state index contributed by atoms with van der Waals surface area (Å²) in [7, 11) is -3.34. The summed E-state index contributed by atoms with van der Waals surface area (Å²) in [6.45, 7) is 4.98. The Labute approximate surface area is 204 Å². The van der Waals surface area contributed by atoms with Crippen LogP contribution >= 0.6 is 27.3 Å². The SMILES string of the molecule is Cc1c(F)cccc1-n1nc(C(C)(C)O)cc1-c1sc(-c2cccc(S(C)(=O)=O)c2)cc1Br. The van der Waals surface area contributed by atoms with Gasteiger partial charge in [-0.3, -0.25) is 0 Å². The number of thiophene rings is 1. The monoisotopic (exact) mass is 548 g/mol. The van der Waals surface area contributed by atoms with E-state index in [1.54, 1.807) is 61.9 Å². The van der Waals surface area contributed by atoms with Crippen molar-refractivity contribution in [2.45, 2.75) is 31.3 Å². The Morgan fingerprint density at radius 3 is 2.48 bits per heavy atom. The van der Waals surface area contributed by atoms with Crippen LogP contribution in [0.2, 0.25) is 0 Å². The van der Waals surface area contributed by atoms with Gasteiger partial charge in [-0.05, 0) is 78.7 Å². The van der Waals surface area contributed by atoms with Gasteiger partial charge in [0.15, 0.2) is 9.84 Å². The third-order valence-electron chi connectivity index (χ3n) is 5.27. The van der Waals surface area contributed by atoms with Crippen LogP contribution in [-0.2, 0) is 15.4 Å². The van der Waals surface area contributed by atoms with E-state index in [-0.39, 0.29) is 10.7 Å². The molecule has 4 aromatic rings. The van der Waals surface area contributed by atoms with Crippen molar-refractivity contribution in [3.8, 4) is 26.7 Å². The lowest BCUT2D eigenvalue weighted by atomic mass is 10.1. The molecule has 0 atom stereocenters. The number of hydrogen-bond acceptors (Lipinski definition) is 5. The first-order valence-electron chi connectivity index (χ1n) is 10.0. The quantitative estimate of drug-likeness (QED) is 0.326. The highest BCUT2D eigenvalue weighted by Crippen LogP contribution is 2.43. The van der Waals surface area contributed by atoms with Crippen molar-refractivity contribution in [3.63, 3.8) is 0 Å². The highest BCUT2D eigenvalue weighted by Gasteiger charge is 2.26. The molecule has 172 valence electrons. The number of nitrogens with zero attached hydrogens (tertiary/aromatic N) is 2. The number of aliphatic hydroxyl groups is 1. The number of aromatic nitrogens is 2. The predicted octanol–water partition coefficient (Wildman–Crippen LogP) is 6.11. The van der Waals surface area contributed by atoms with Crippen LogP contribution in [0.3, 0.4) is 0 Å². The minimum absolute atomic E-state index is 0.246. The minimum atomic E-state index is -3.34. The zero-order chi connectivity index (χ0) is 24.1. The number of halogens is 2. The molecule has 0 saturated heterocycles. The van der Waals surface area contributed by atoms with Gasteiger partial charge in [-0.1, -0.05) is 18.2 Å². The Morgan fingerprint density at radius 1 is 1.12 bits per heavy atom.